The van der Waals surface area contributed by atoms with Crippen molar-refractivity contribution in [3.05, 3.63) is 95.0 Å². The van der Waals surface area contributed by atoms with Crippen LogP contribution in [0.15, 0.2) is 88.1 Å². The average molecular weight is 454 g/mol. The largest absolute Gasteiger partial charge is 0.303 e. The number of nitrogens with one attached hydrogen (secondary N) is 3. The van der Waals surface area contributed by atoms with Crippen LogP contribution in [0.1, 0.15) is 41.1 Å². The van der Waals surface area contributed by atoms with E-state index in [9.17, 15) is 13.2 Å². The van der Waals surface area contributed by atoms with Gasteiger partial charge >= 0.3 is 0 Å². The van der Waals surface area contributed by atoms with E-state index >= 15 is 0 Å². The molecule has 1 amide bonds. The maximum Gasteiger partial charge on any atom is 0.271 e. The zero-order chi connectivity index (χ0) is 21.7. The van der Waals surface area contributed by atoms with E-state index in [2.05, 4.69) is 45.9 Å². The van der Waals surface area contributed by atoms with Crippen molar-refractivity contribution in [2.75, 3.05) is 4.72 Å². The van der Waals surface area contributed by atoms with Gasteiger partial charge in [-0.2, -0.15) is 0 Å². The Morgan fingerprint density at radius 1 is 0.968 bits per heavy atom. The molecule has 0 fully saturated rings. The van der Waals surface area contributed by atoms with Gasteiger partial charge in [0, 0.05) is 16.9 Å². The van der Waals surface area contributed by atoms with Crippen molar-refractivity contribution in [2.24, 2.45) is 0 Å². The Hall–Kier alpha value is -3.10. The molecule has 1 aromatic heterocycles. The number of hydrogen-bond acceptors (Lipinski definition) is 5. The summed E-state index contributed by atoms with van der Waals surface area (Å²) in [6.45, 7) is 0. The fraction of sp³-hybridized carbons (Fsp3) is 0.174. The first kappa shape index (κ1) is 21.1. The molecule has 8 heteroatoms. The highest BCUT2D eigenvalue weighted by molar-refractivity contribution is 7.94. The fourth-order valence-corrected chi connectivity index (χ4v) is 5.55. The molecule has 0 bridgehead atoms. The number of benzene rings is 2. The third kappa shape index (κ3) is 5.34. The molecular weight excluding hydrogens is 430 g/mol. The summed E-state index contributed by atoms with van der Waals surface area (Å²) in [7, 11) is -3.60. The van der Waals surface area contributed by atoms with Crippen LogP contribution in [0.25, 0.3) is 0 Å². The molecule has 0 unspecified atom stereocenters. The smallest absolute Gasteiger partial charge is 0.271 e. The lowest BCUT2D eigenvalue weighted by molar-refractivity contribution is 0.0938. The zero-order valence-corrected chi connectivity index (χ0v) is 18.4. The Morgan fingerprint density at radius 3 is 2.39 bits per heavy atom. The molecule has 3 N–H and O–H groups in total. The second-order valence-electron chi connectivity index (χ2n) is 7.31. The standard InChI is InChI=1S/C23H23N3O3S2/c27-23(25-24-20-12-8-18(9-13-20)17-5-2-1-3-6-17)19-10-14-21(15-11-19)26-31(28,29)22-7-4-16-30-22/h1-7,10-12,14-16,18,24,26H,8-9,13H2,(H,25,27)/t18-/m1/s1. The third-order valence-electron chi connectivity index (χ3n) is 5.18. The van der Waals surface area contributed by atoms with Gasteiger partial charge < -0.3 is 5.43 Å². The molecule has 6 nitrogen and oxygen atoms in total. The number of thiophene rings is 1. The van der Waals surface area contributed by atoms with Gasteiger partial charge in [-0.05, 0) is 66.5 Å². The van der Waals surface area contributed by atoms with Crippen LogP contribution in [-0.4, -0.2) is 14.3 Å². The van der Waals surface area contributed by atoms with Crippen molar-refractivity contribution in [3.8, 4) is 0 Å². The molecule has 3 aromatic rings. The van der Waals surface area contributed by atoms with Gasteiger partial charge in [-0.3, -0.25) is 14.9 Å². The van der Waals surface area contributed by atoms with Gasteiger partial charge in [0.1, 0.15) is 4.21 Å². The summed E-state index contributed by atoms with van der Waals surface area (Å²) in [6, 6.07) is 20.0. The van der Waals surface area contributed by atoms with Crippen molar-refractivity contribution in [1.29, 1.82) is 0 Å². The lowest BCUT2D eigenvalue weighted by Crippen LogP contribution is -2.37. The second kappa shape index (κ2) is 9.36. The Morgan fingerprint density at radius 2 is 1.74 bits per heavy atom. The van der Waals surface area contributed by atoms with Crippen LogP contribution >= 0.6 is 11.3 Å². The Kier molecular flexibility index (Phi) is 6.39. The molecule has 0 saturated carbocycles. The van der Waals surface area contributed by atoms with Crippen LogP contribution in [0.5, 0.6) is 0 Å². The number of amides is 1. The van der Waals surface area contributed by atoms with Crippen molar-refractivity contribution < 1.29 is 13.2 Å². The van der Waals surface area contributed by atoms with Crippen molar-refractivity contribution in [3.63, 3.8) is 0 Å². The summed E-state index contributed by atoms with van der Waals surface area (Å²) in [5.41, 5.74) is 8.92. The summed E-state index contributed by atoms with van der Waals surface area (Å²) in [5, 5.41) is 1.71. The minimum absolute atomic E-state index is 0.244. The first-order chi connectivity index (χ1) is 15.0. The monoisotopic (exact) mass is 453 g/mol. The lowest BCUT2D eigenvalue weighted by atomic mass is 9.87. The van der Waals surface area contributed by atoms with Crippen LogP contribution in [0.4, 0.5) is 5.69 Å². The molecule has 0 saturated heterocycles. The highest BCUT2D eigenvalue weighted by Crippen LogP contribution is 2.30. The first-order valence-corrected chi connectivity index (χ1v) is 12.3. The number of carbonyl (C=O) groups excluding carboxylic acids is 1. The van der Waals surface area contributed by atoms with Crippen LogP contribution < -0.4 is 15.6 Å². The molecule has 0 spiro atoms. The van der Waals surface area contributed by atoms with E-state index in [0.29, 0.717) is 17.2 Å². The Balaban J connectivity index is 1.30. The Labute approximate surface area is 186 Å². The number of anilines is 1. The third-order valence-corrected chi connectivity index (χ3v) is 7.96. The van der Waals surface area contributed by atoms with Gasteiger partial charge in [-0.25, -0.2) is 8.42 Å². The number of allylic oxidation sites excluding steroid dienone is 2. The number of hydrogen-bond donors (Lipinski definition) is 3. The summed E-state index contributed by atoms with van der Waals surface area (Å²) < 4.78 is 27.3. The summed E-state index contributed by atoms with van der Waals surface area (Å²) in [5.74, 6) is 0.228. The molecule has 1 heterocycles. The lowest BCUT2D eigenvalue weighted by Gasteiger charge is -2.23. The number of hydrazine groups is 1. The number of rotatable bonds is 7. The molecule has 0 radical (unpaired) electrons. The van der Waals surface area contributed by atoms with E-state index in [1.807, 2.05) is 6.07 Å². The minimum atomic E-state index is -3.60. The SMILES string of the molecule is O=C(NNC1=CC[C@@H](c2ccccc2)CC1)c1ccc(NS(=O)(=O)c2cccs2)cc1. The van der Waals surface area contributed by atoms with Crippen LogP contribution in [0, 0.1) is 0 Å². The fourth-order valence-electron chi connectivity index (χ4n) is 3.50. The molecule has 4 rings (SSSR count). The number of carbonyl (C=O) groups is 1. The number of sulfonamides is 1. The predicted octanol–water partition coefficient (Wildman–Crippen LogP) is 4.63. The van der Waals surface area contributed by atoms with E-state index in [1.165, 1.54) is 5.56 Å². The summed E-state index contributed by atoms with van der Waals surface area (Å²) in [6.07, 6.45) is 4.95. The average Bonchev–Trinajstić information content (AvgIpc) is 3.35. The summed E-state index contributed by atoms with van der Waals surface area (Å²) >= 11 is 1.15. The van der Waals surface area contributed by atoms with Crippen LogP contribution in [0.3, 0.4) is 0 Å². The molecule has 160 valence electrons. The van der Waals surface area contributed by atoms with Crippen LogP contribution in [-0.2, 0) is 10.0 Å². The van der Waals surface area contributed by atoms with Crippen molar-refractivity contribution in [1.82, 2.24) is 10.9 Å². The van der Waals surface area contributed by atoms with Crippen molar-refractivity contribution >= 4 is 33.0 Å². The molecule has 2 aromatic carbocycles. The van der Waals surface area contributed by atoms with Gasteiger partial charge in [0.05, 0.1) is 0 Å². The van der Waals surface area contributed by atoms with E-state index in [4.69, 9.17) is 0 Å². The highest BCUT2D eigenvalue weighted by Gasteiger charge is 2.17. The predicted molar refractivity (Wildman–Crippen MR) is 123 cm³/mol. The van der Waals surface area contributed by atoms with E-state index in [-0.39, 0.29) is 10.1 Å². The minimum Gasteiger partial charge on any atom is -0.303 e. The van der Waals surface area contributed by atoms with Gasteiger partial charge in [0.25, 0.3) is 15.9 Å². The molecule has 1 aliphatic carbocycles. The normalized spacial score (nSPS) is 16.3. The molecule has 31 heavy (non-hydrogen) atoms. The maximum absolute atomic E-state index is 12.4. The van der Waals surface area contributed by atoms with Gasteiger partial charge in [-0.1, -0.05) is 42.5 Å². The zero-order valence-electron chi connectivity index (χ0n) is 16.7. The van der Waals surface area contributed by atoms with E-state index in [1.54, 1.807) is 41.8 Å². The molecule has 1 atom stereocenters. The summed E-state index contributed by atoms with van der Waals surface area (Å²) in [4.78, 5) is 12.4. The second-order valence-corrected chi connectivity index (χ2v) is 10.2. The Bertz CT molecular complexity index is 1160. The van der Waals surface area contributed by atoms with Gasteiger partial charge in [0.15, 0.2) is 0 Å². The van der Waals surface area contributed by atoms with Crippen molar-refractivity contribution in [2.45, 2.75) is 29.4 Å². The van der Waals surface area contributed by atoms with Crippen LogP contribution in [0.2, 0.25) is 0 Å². The first-order valence-electron chi connectivity index (χ1n) is 9.98. The van der Waals surface area contributed by atoms with Gasteiger partial charge in [0.2, 0.25) is 0 Å². The molecular formula is C23H23N3O3S2. The molecule has 1 aliphatic rings. The maximum atomic E-state index is 12.4. The van der Waals surface area contributed by atoms with E-state index in [0.717, 1.165) is 36.3 Å². The topological polar surface area (TPSA) is 87.3 Å². The van der Waals surface area contributed by atoms with Gasteiger partial charge in [-0.15, -0.1) is 11.3 Å². The van der Waals surface area contributed by atoms with E-state index < -0.39 is 10.0 Å². The molecule has 0 aliphatic heterocycles. The highest BCUT2D eigenvalue weighted by atomic mass is 32.2. The quantitative estimate of drug-likeness (QED) is 0.455.